The Hall–Kier alpha value is -15.0. The maximum Gasteiger partial charge on any atom is 0.416 e. The molecule has 0 saturated carbocycles. The van der Waals surface area contributed by atoms with Gasteiger partial charge in [-0.3, -0.25) is 24.7 Å². The number of nitrogens with zero attached hydrogens (tertiary/aromatic N) is 17. The van der Waals surface area contributed by atoms with Crippen molar-refractivity contribution in [2.75, 3.05) is 62.2 Å². The minimum absolute atomic E-state index is 0.0624. The number of benzene rings is 3. The molecule has 26 nitrogen and oxygen atoms in total. The van der Waals surface area contributed by atoms with Crippen LogP contribution in [0.15, 0.2) is 239 Å². The van der Waals surface area contributed by atoms with E-state index in [0.717, 1.165) is 156 Å². The van der Waals surface area contributed by atoms with E-state index in [1.54, 1.807) is 98.9 Å². The first kappa shape index (κ1) is 74.7. The minimum atomic E-state index is -4.43. The van der Waals surface area contributed by atoms with Crippen molar-refractivity contribution in [1.82, 2.24) is 84.6 Å². The number of amides is 1. The fourth-order valence-electron chi connectivity index (χ4n) is 13.9. The van der Waals surface area contributed by atoms with E-state index in [1.165, 1.54) is 24.3 Å². The minimum Gasteiger partial charge on any atom is -0.354 e. The van der Waals surface area contributed by atoms with Gasteiger partial charge in [0.15, 0.2) is 0 Å². The topological polar surface area (TPSA) is 323 Å². The highest BCUT2D eigenvalue weighted by molar-refractivity contribution is 6.30. The Morgan fingerprint density at radius 3 is 1.23 bits per heavy atom. The summed E-state index contributed by atoms with van der Waals surface area (Å²) in [4.78, 5) is 84.8. The summed E-state index contributed by atoms with van der Waals surface area (Å²) in [6, 6.07) is 39.5. The van der Waals surface area contributed by atoms with Crippen LogP contribution in [0.25, 0.3) is 89.5 Å². The van der Waals surface area contributed by atoms with Crippen molar-refractivity contribution >= 4 is 87.3 Å². The molecule has 32 heteroatoms. The summed E-state index contributed by atoms with van der Waals surface area (Å²) in [7, 11) is 0. The molecule has 8 N–H and O–H groups in total. The number of alkyl halides is 3. The largest absolute Gasteiger partial charge is 0.416 e. The van der Waals surface area contributed by atoms with Crippen LogP contribution in [0.3, 0.4) is 0 Å². The standard InChI is InChI=1S/C22H15F3N6.C21H15ClN6.C21H14F2N6.C21H21N7O/c23-22(24,25)17-6-2-1-4-13(17)10-28-21-29-11-16-14-7-9-26-12-18(14)30-20-15(19(16)31-21)5-3-8-27-20;22-14-4-1-3-13(9-14)10-25-21-26-11-17-15-6-8-23-12-18(15)27-20-16(19(17)28-21)5-2-7-24-20;22-13-4-3-12(17(23)8-13)9-26-21-27-10-16-14-5-7-24-11-18(14)28-20-15(19(16)29-21)2-1-6-25-20;29-18-5-2-10-28(18)11-3-8-24-21-25-12-16-14-6-9-22-13-17(14)26-20-15(19(16)27-21)4-1-7-23-20/h1-9,11-12H,10H2,(H,27,30)(H,28,29,31);1-9,11-12H,10H2,(H,24,27)(H,25,26,28);1-8,10-11H,9H2,(H,25,28)(H,26,27,29);1,4,6-7,9,12-13H,2-3,5,8,10-11H2,(H,23,26)(H,24,25,27). The summed E-state index contributed by atoms with van der Waals surface area (Å²) in [5.41, 5.74) is 17.8. The number of anilines is 12. The zero-order chi connectivity index (χ0) is 79.8. The number of hydrogen-bond donors (Lipinski definition) is 8. The smallest absolute Gasteiger partial charge is 0.354 e. The molecule has 5 aliphatic heterocycles. The number of fused-ring (bicyclic) bond motifs is 20. The average molecular weight is 1580 g/mol. The van der Waals surface area contributed by atoms with E-state index >= 15 is 0 Å². The summed E-state index contributed by atoms with van der Waals surface area (Å²) in [6.07, 6.45) is 25.9. The molecule has 0 aliphatic carbocycles. The fraction of sp³-hybridized carbons (Fsp3) is 0.118. The summed E-state index contributed by atoms with van der Waals surface area (Å²) in [5, 5.41) is 26.5. The molecule has 0 spiro atoms. The zero-order valence-corrected chi connectivity index (χ0v) is 62.4. The quantitative estimate of drug-likeness (QED) is 0.0370. The summed E-state index contributed by atoms with van der Waals surface area (Å²) in [6.45, 7) is 3.00. The van der Waals surface area contributed by atoms with Crippen LogP contribution in [0.4, 0.5) is 91.8 Å². The van der Waals surface area contributed by atoms with Gasteiger partial charge in [0.25, 0.3) is 0 Å². The molecule has 0 atom stereocenters. The molecule has 0 bridgehead atoms. The van der Waals surface area contributed by atoms with E-state index in [1.807, 2.05) is 108 Å². The number of likely N-dealkylation sites (tertiary alicyclic amines) is 1. The van der Waals surface area contributed by atoms with E-state index in [0.29, 0.717) is 71.0 Å². The maximum absolute atomic E-state index is 13.9. The van der Waals surface area contributed by atoms with Crippen LogP contribution in [0, 0.1) is 11.6 Å². The second kappa shape index (κ2) is 33.4. The van der Waals surface area contributed by atoms with Gasteiger partial charge in [-0.05, 0) is 121 Å². The molecule has 0 radical (unpaired) electrons. The molecule has 1 saturated heterocycles. The number of pyridine rings is 8. The third kappa shape index (κ3) is 16.5. The third-order valence-corrected chi connectivity index (χ3v) is 19.7. The Morgan fingerprint density at radius 2 is 0.821 bits per heavy atom. The van der Waals surface area contributed by atoms with Crippen LogP contribution in [0.1, 0.15) is 41.5 Å². The first-order chi connectivity index (χ1) is 57.3. The molecule has 17 heterocycles. The van der Waals surface area contributed by atoms with Crippen LogP contribution < -0.4 is 42.5 Å². The summed E-state index contributed by atoms with van der Waals surface area (Å²) in [5.74, 6) is 3.48. The van der Waals surface area contributed by atoms with Crippen molar-refractivity contribution in [1.29, 1.82) is 0 Å². The van der Waals surface area contributed by atoms with Crippen LogP contribution >= 0.6 is 11.6 Å². The van der Waals surface area contributed by atoms with Crippen molar-refractivity contribution in [3.8, 4) is 89.5 Å². The van der Waals surface area contributed by atoms with E-state index in [4.69, 9.17) is 21.6 Å². The van der Waals surface area contributed by atoms with Crippen molar-refractivity contribution in [3.63, 3.8) is 0 Å². The second-order valence-electron chi connectivity index (χ2n) is 27.0. The molecular formula is C85H65ClF5N25O. The van der Waals surface area contributed by atoms with E-state index in [9.17, 15) is 26.7 Å². The Balaban J connectivity index is 0.000000112. The van der Waals surface area contributed by atoms with Crippen LogP contribution in [0.5, 0.6) is 0 Å². The number of aromatic nitrogens is 16. The number of nitrogens with one attached hydrogen (secondary N) is 8. The highest BCUT2D eigenvalue weighted by atomic mass is 35.5. The lowest BCUT2D eigenvalue weighted by Crippen LogP contribution is -2.27. The molecule has 5 aliphatic rings. The number of carbonyl (C=O) groups is 1. The van der Waals surface area contributed by atoms with Gasteiger partial charge in [0.2, 0.25) is 29.7 Å². The normalized spacial score (nSPS) is 12.4. The molecule has 1 amide bonds. The van der Waals surface area contributed by atoms with Gasteiger partial charge in [0, 0.05) is 203 Å². The van der Waals surface area contributed by atoms with Gasteiger partial charge in [0.1, 0.15) is 34.9 Å². The summed E-state index contributed by atoms with van der Waals surface area (Å²) < 4.78 is 66.8. The Bertz CT molecular complexity index is 6250. The highest BCUT2D eigenvalue weighted by Gasteiger charge is 2.34. The lowest BCUT2D eigenvalue weighted by Gasteiger charge is -2.15. The van der Waals surface area contributed by atoms with E-state index in [-0.39, 0.29) is 30.5 Å². The fourth-order valence-corrected chi connectivity index (χ4v) is 14.1. The molecule has 12 aromatic heterocycles. The van der Waals surface area contributed by atoms with Gasteiger partial charge in [-0.25, -0.2) is 68.6 Å². The molecule has 0 unspecified atom stereocenters. The maximum atomic E-state index is 13.9. The van der Waals surface area contributed by atoms with E-state index in [2.05, 4.69) is 112 Å². The monoisotopic (exact) mass is 1580 g/mol. The number of hydrogen-bond acceptors (Lipinski definition) is 25. The second-order valence-corrected chi connectivity index (χ2v) is 27.4. The van der Waals surface area contributed by atoms with Crippen molar-refractivity contribution < 1.29 is 26.7 Å². The molecule has 117 heavy (non-hydrogen) atoms. The van der Waals surface area contributed by atoms with Crippen LogP contribution in [-0.4, -0.2) is 110 Å². The Morgan fingerprint density at radius 1 is 0.402 bits per heavy atom. The first-order valence-electron chi connectivity index (χ1n) is 37.0. The molecule has 15 aromatic rings. The Labute approximate surface area is 669 Å². The molecule has 578 valence electrons. The number of halogens is 6. The Kier molecular flexibility index (Phi) is 21.3. The predicted molar refractivity (Wildman–Crippen MR) is 437 cm³/mol. The average Bonchev–Trinajstić information content (AvgIpc) is 1.67. The first-order valence-corrected chi connectivity index (χ1v) is 37.4. The van der Waals surface area contributed by atoms with Gasteiger partial charge < -0.3 is 47.4 Å². The summed E-state index contributed by atoms with van der Waals surface area (Å²) >= 11 is 6.07. The van der Waals surface area contributed by atoms with Crippen LogP contribution in [0.2, 0.25) is 5.02 Å². The highest BCUT2D eigenvalue weighted by Crippen LogP contribution is 2.47. The SMILES string of the molecule is Clc1cccc(CNc2ncc3c(n2)-c2cccnc2Nc2cnccc2-3)c1.FC(F)(F)c1ccccc1CNc1ncc2c(n1)-c1cccnc1Nc1cnccc1-2.Fc1ccc(CNc2ncc3c(n2)-c2cccnc2Nc2cnccc2-3)c(F)c1.O=C1CCCN1CCCNc1ncc2c(n1)-c1cccnc1Nc1cnccc1-2. The zero-order valence-electron chi connectivity index (χ0n) is 61.7. The van der Waals surface area contributed by atoms with Crippen molar-refractivity contribution in [3.05, 3.63) is 278 Å². The molecule has 20 rings (SSSR count). The lowest BCUT2D eigenvalue weighted by atomic mass is 10.0. The van der Waals surface area contributed by atoms with Crippen molar-refractivity contribution in [2.24, 2.45) is 0 Å². The molecule has 1 fully saturated rings. The van der Waals surface area contributed by atoms with Crippen LogP contribution in [-0.2, 0) is 30.6 Å². The molecule has 3 aromatic carbocycles. The van der Waals surface area contributed by atoms with Gasteiger partial charge >= 0.3 is 6.18 Å². The number of carbonyl (C=O) groups excluding carboxylic acids is 1. The van der Waals surface area contributed by atoms with Gasteiger partial charge in [-0.2, -0.15) is 13.2 Å². The van der Waals surface area contributed by atoms with Gasteiger partial charge in [0.05, 0.1) is 75.9 Å². The van der Waals surface area contributed by atoms with Gasteiger partial charge in [-0.15, -0.1) is 0 Å². The van der Waals surface area contributed by atoms with Crippen molar-refractivity contribution in [2.45, 2.75) is 45.1 Å². The third-order valence-electron chi connectivity index (χ3n) is 19.5. The van der Waals surface area contributed by atoms with Gasteiger partial charge in [-0.1, -0.05) is 48.0 Å². The predicted octanol–water partition coefficient (Wildman–Crippen LogP) is 17.8. The number of rotatable bonds is 14. The molecular weight excluding hydrogens is 1520 g/mol. The van der Waals surface area contributed by atoms with E-state index < -0.39 is 23.4 Å². The lowest BCUT2D eigenvalue weighted by molar-refractivity contribution is -0.138.